The molecular weight excluding hydrogens is 233 g/mol. The molecule has 1 N–H and O–H groups in total. The normalized spacial score (nSPS) is 16.9. The highest BCUT2D eigenvalue weighted by Crippen LogP contribution is 2.24. The van der Waals surface area contributed by atoms with Gasteiger partial charge in [0.25, 0.3) is 0 Å². The van der Waals surface area contributed by atoms with Crippen LogP contribution >= 0.6 is 0 Å². The van der Waals surface area contributed by atoms with Crippen molar-refractivity contribution >= 4 is 10.9 Å². The minimum Gasteiger partial charge on any atom is -0.474 e. The number of nitrogens with one attached hydrogen (secondary N) is 1. The van der Waals surface area contributed by atoms with Crippen LogP contribution in [0.2, 0.25) is 0 Å². The van der Waals surface area contributed by atoms with E-state index in [4.69, 9.17) is 4.74 Å². The van der Waals surface area contributed by atoms with Crippen molar-refractivity contribution in [2.75, 3.05) is 13.1 Å². The summed E-state index contributed by atoms with van der Waals surface area (Å²) in [6.45, 7) is 1.92. The molecule has 1 fully saturated rings. The monoisotopic (exact) mass is 247 g/mol. The number of piperidine rings is 1. The van der Waals surface area contributed by atoms with Crippen molar-refractivity contribution < 1.29 is 9.13 Å². The van der Waals surface area contributed by atoms with Crippen molar-refractivity contribution in [1.82, 2.24) is 15.3 Å². The fourth-order valence-corrected chi connectivity index (χ4v) is 2.17. The smallest absolute Gasteiger partial charge is 0.224 e. The number of fused-ring (bicyclic) bond motifs is 1. The van der Waals surface area contributed by atoms with Gasteiger partial charge in [-0.05, 0) is 38.1 Å². The van der Waals surface area contributed by atoms with Gasteiger partial charge in [0, 0.05) is 6.07 Å². The highest BCUT2D eigenvalue weighted by atomic mass is 19.1. The van der Waals surface area contributed by atoms with Crippen molar-refractivity contribution in [1.29, 1.82) is 0 Å². The van der Waals surface area contributed by atoms with Crippen molar-refractivity contribution in [3.63, 3.8) is 0 Å². The van der Waals surface area contributed by atoms with E-state index in [1.807, 2.05) is 0 Å². The lowest BCUT2D eigenvalue weighted by Gasteiger charge is -2.23. The number of ether oxygens (including phenoxy) is 1. The molecular formula is C13H14FN3O. The number of nitrogens with zero attached hydrogens (tertiary/aromatic N) is 2. The third kappa shape index (κ3) is 2.26. The Labute approximate surface area is 104 Å². The van der Waals surface area contributed by atoms with E-state index in [0.29, 0.717) is 11.4 Å². The molecule has 2 heterocycles. The Hall–Kier alpha value is -1.75. The molecule has 94 valence electrons. The van der Waals surface area contributed by atoms with Crippen LogP contribution in [-0.4, -0.2) is 29.2 Å². The molecule has 0 bridgehead atoms. The van der Waals surface area contributed by atoms with Gasteiger partial charge in [0.2, 0.25) is 5.88 Å². The van der Waals surface area contributed by atoms with Gasteiger partial charge < -0.3 is 10.1 Å². The van der Waals surface area contributed by atoms with E-state index in [1.165, 1.54) is 18.5 Å². The molecule has 0 aliphatic carbocycles. The Morgan fingerprint density at radius 2 is 2.06 bits per heavy atom. The maximum atomic E-state index is 13.1. The van der Waals surface area contributed by atoms with Crippen molar-refractivity contribution in [2.24, 2.45) is 0 Å². The maximum Gasteiger partial charge on any atom is 0.224 e. The van der Waals surface area contributed by atoms with Gasteiger partial charge in [-0.15, -0.1) is 0 Å². The van der Waals surface area contributed by atoms with Gasteiger partial charge in [-0.3, -0.25) is 0 Å². The quantitative estimate of drug-likeness (QED) is 0.880. The standard InChI is InChI=1S/C13H14FN3O/c14-9-1-2-11-12(7-9)16-8-17-13(11)18-10-3-5-15-6-4-10/h1-2,7-8,10,15H,3-6H2. The number of benzene rings is 1. The van der Waals surface area contributed by atoms with E-state index in [1.54, 1.807) is 6.07 Å². The Morgan fingerprint density at radius 3 is 2.89 bits per heavy atom. The number of halogens is 1. The van der Waals surface area contributed by atoms with Crippen LogP contribution in [0.1, 0.15) is 12.8 Å². The van der Waals surface area contributed by atoms with E-state index in [2.05, 4.69) is 15.3 Å². The summed E-state index contributed by atoms with van der Waals surface area (Å²) in [6.07, 6.45) is 3.52. The van der Waals surface area contributed by atoms with Gasteiger partial charge in [0.1, 0.15) is 18.2 Å². The van der Waals surface area contributed by atoms with Gasteiger partial charge in [-0.1, -0.05) is 0 Å². The van der Waals surface area contributed by atoms with Crippen LogP contribution in [0.3, 0.4) is 0 Å². The lowest BCUT2D eigenvalue weighted by molar-refractivity contribution is 0.158. The maximum absolute atomic E-state index is 13.1. The minimum absolute atomic E-state index is 0.175. The SMILES string of the molecule is Fc1ccc2c(OC3CCNCC3)ncnc2c1. The van der Waals surface area contributed by atoms with E-state index >= 15 is 0 Å². The molecule has 2 aromatic rings. The first-order valence-corrected chi connectivity index (χ1v) is 6.10. The average Bonchev–Trinajstić information content (AvgIpc) is 2.40. The van der Waals surface area contributed by atoms with Gasteiger partial charge in [-0.2, -0.15) is 0 Å². The molecule has 1 aliphatic rings. The summed E-state index contributed by atoms with van der Waals surface area (Å²) in [5, 5.41) is 4.04. The first-order valence-electron chi connectivity index (χ1n) is 6.10. The summed E-state index contributed by atoms with van der Waals surface area (Å²) in [7, 11) is 0. The van der Waals surface area contributed by atoms with Gasteiger partial charge in [0.05, 0.1) is 10.9 Å². The van der Waals surface area contributed by atoms with Crippen LogP contribution in [0.25, 0.3) is 10.9 Å². The highest BCUT2D eigenvalue weighted by Gasteiger charge is 2.16. The highest BCUT2D eigenvalue weighted by molar-refractivity contribution is 5.83. The lowest BCUT2D eigenvalue weighted by atomic mass is 10.1. The summed E-state index contributed by atoms with van der Waals surface area (Å²) in [6, 6.07) is 4.47. The number of rotatable bonds is 2. The predicted octanol–water partition coefficient (Wildman–Crippen LogP) is 1.90. The van der Waals surface area contributed by atoms with Crippen LogP contribution in [-0.2, 0) is 0 Å². The second-order valence-electron chi connectivity index (χ2n) is 4.41. The molecule has 0 saturated carbocycles. The Balaban J connectivity index is 1.91. The van der Waals surface area contributed by atoms with E-state index in [-0.39, 0.29) is 11.9 Å². The summed E-state index contributed by atoms with van der Waals surface area (Å²) >= 11 is 0. The zero-order valence-electron chi connectivity index (χ0n) is 9.90. The first-order chi connectivity index (χ1) is 8.83. The molecule has 0 atom stereocenters. The molecule has 0 amide bonds. The molecule has 0 radical (unpaired) electrons. The molecule has 3 rings (SSSR count). The average molecular weight is 247 g/mol. The molecule has 1 aliphatic heterocycles. The molecule has 1 saturated heterocycles. The fraction of sp³-hybridized carbons (Fsp3) is 0.385. The van der Waals surface area contributed by atoms with Gasteiger partial charge >= 0.3 is 0 Å². The molecule has 1 aromatic heterocycles. The summed E-state index contributed by atoms with van der Waals surface area (Å²) in [4.78, 5) is 8.21. The zero-order chi connectivity index (χ0) is 12.4. The Morgan fingerprint density at radius 1 is 1.22 bits per heavy atom. The molecule has 18 heavy (non-hydrogen) atoms. The van der Waals surface area contributed by atoms with Crippen molar-refractivity contribution in [2.45, 2.75) is 18.9 Å². The van der Waals surface area contributed by atoms with E-state index in [9.17, 15) is 4.39 Å². The van der Waals surface area contributed by atoms with Crippen LogP contribution in [0, 0.1) is 5.82 Å². The van der Waals surface area contributed by atoms with Crippen molar-refractivity contribution in [3.05, 3.63) is 30.3 Å². The van der Waals surface area contributed by atoms with E-state index in [0.717, 1.165) is 31.3 Å². The van der Waals surface area contributed by atoms with Crippen LogP contribution in [0.4, 0.5) is 4.39 Å². The Bertz CT molecular complexity index is 555. The second kappa shape index (κ2) is 4.86. The molecule has 4 nitrogen and oxygen atoms in total. The van der Waals surface area contributed by atoms with Crippen LogP contribution in [0.5, 0.6) is 5.88 Å². The summed E-state index contributed by atoms with van der Waals surface area (Å²) in [5.41, 5.74) is 0.578. The summed E-state index contributed by atoms with van der Waals surface area (Å²) in [5.74, 6) is 0.251. The minimum atomic E-state index is -0.297. The number of hydrogen-bond donors (Lipinski definition) is 1. The molecule has 0 unspecified atom stereocenters. The van der Waals surface area contributed by atoms with Gasteiger partial charge in [-0.25, -0.2) is 14.4 Å². The second-order valence-corrected chi connectivity index (χ2v) is 4.41. The number of hydrogen-bond acceptors (Lipinski definition) is 4. The number of aromatic nitrogens is 2. The fourth-order valence-electron chi connectivity index (χ4n) is 2.17. The summed E-state index contributed by atoms with van der Waals surface area (Å²) < 4.78 is 19.0. The van der Waals surface area contributed by atoms with E-state index < -0.39 is 0 Å². The third-order valence-electron chi connectivity index (χ3n) is 3.13. The largest absolute Gasteiger partial charge is 0.474 e. The van der Waals surface area contributed by atoms with Gasteiger partial charge in [0.15, 0.2) is 0 Å². The molecule has 1 aromatic carbocycles. The third-order valence-corrected chi connectivity index (χ3v) is 3.13. The van der Waals surface area contributed by atoms with Crippen LogP contribution in [0.15, 0.2) is 24.5 Å². The zero-order valence-corrected chi connectivity index (χ0v) is 9.90. The van der Waals surface area contributed by atoms with Crippen LogP contribution < -0.4 is 10.1 Å². The predicted molar refractivity (Wildman–Crippen MR) is 66.0 cm³/mol. The van der Waals surface area contributed by atoms with Crippen molar-refractivity contribution in [3.8, 4) is 5.88 Å². The molecule has 5 heteroatoms. The molecule has 0 spiro atoms. The topological polar surface area (TPSA) is 47.0 Å². The lowest BCUT2D eigenvalue weighted by Crippen LogP contribution is -2.34. The first kappa shape index (κ1) is 11.3. The Kier molecular flexibility index (Phi) is 3.06.